The third-order valence-electron chi connectivity index (χ3n) is 5.27. The van der Waals surface area contributed by atoms with Gasteiger partial charge in [-0.05, 0) is 36.4 Å². The second-order valence-corrected chi connectivity index (χ2v) is 7.69. The molecule has 0 atom stereocenters. The Hall–Kier alpha value is -3.98. The summed E-state index contributed by atoms with van der Waals surface area (Å²) in [7, 11) is 3.39. The molecule has 5 aromatic rings. The van der Waals surface area contributed by atoms with Crippen molar-refractivity contribution in [1.29, 1.82) is 0 Å². The first-order valence-corrected chi connectivity index (χ1v) is 10.0. The molecule has 10 heteroatoms. The minimum atomic E-state index is -0.367. The maximum Gasteiger partial charge on any atom is 0.271 e. The van der Waals surface area contributed by atoms with E-state index in [4.69, 9.17) is 17.3 Å². The first kappa shape index (κ1) is 20.0. The van der Waals surface area contributed by atoms with Gasteiger partial charge in [0.25, 0.3) is 5.91 Å². The van der Waals surface area contributed by atoms with Gasteiger partial charge in [0.1, 0.15) is 17.0 Å². The number of nitrogens with one attached hydrogen (secondary N) is 1. The molecule has 0 unspecified atom stereocenters. The molecule has 3 N–H and O–H groups in total. The molecule has 0 radical (unpaired) electrons. The quantitative estimate of drug-likeness (QED) is 0.437. The predicted octanol–water partition coefficient (Wildman–Crippen LogP) is 3.68. The molecule has 32 heavy (non-hydrogen) atoms. The van der Waals surface area contributed by atoms with Gasteiger partial charge in [-0.25, -0.2) is 19.3 Å². The minimum absolute atomic E-state index is 0.135. The van der Waals surface area contributed by atoms with Gasteiger partial charge in [-0.15, -0.1) is 0 Å². The molecular formula is C22H17ClFN7O. The number of aromatic nitrogens is 5. The molecule has 0 spiro atoms. The van der Waals surface area contributed by atoms with Crippen molar-refractivity contribution in [2.75, 3.05) is 12.8 Å². The topological polar surface area (TPSA) is 103 Å². The Balaban J connectivity index is 1.90. The van der Waals surface area contributed by atoms with Crippen molar-refractivity contribution in [2.24, 2.45) is 7.05 Å². The first-order valence-electron chi connectivity index (χ1n) is 9.65. The number of rotatable bonds is 3. The van der Waals surface area contributed by atoms with E-state index in [1.165, 1.54) is 19.2 Å². The molecule has 0 aliphatic rings. The van der Waals surface area contributed by atoms with Crippen LogP contribution in [0.4, 0.5) is 10.2 Å². The van der Waals surface area contributed by atoms with Crippen molar-refractivity contribution in [3.05, 3.63) is 65.5 Å². The normalized spacial score (nSPS) is 11.4. The molecule has 5 rings (SSSR count). The number of imidazole rings is 2. The number of amides is 1. The van der Waals surface area contributed by atoms with Crippen LogP contribution in [0, 0.1) is 5.82 Å². The van der Waals surface area contributed by atoms with E-state index in [2.05, 4.69) is 20.3 Å². The smallest absolute Gasteiger partial charge is 0.271 e. The number of carbonyl (C=O) groups is 1. The molecule has 0 bridgehead atoms. The molecule has 3 heterocycles. The number of benzene rings is 2. The fraction of sp³-hybridized carbons (Fsp3) is 0.0909. The summed E-state index contributed by atoms with van der Waals surface area (Å²) in [5, 5.41) is 3.02. The zero-order valence-corrected chi connectivity index (χ0v) is 17.9. The summed E-state index contributed by atoms with van der Waals surface area (Å²) in [4.78, 5) is 25.5. The highest BCUT2D eigenvalue weighted by Crippen LogP contribution is 2.37. The SMILES string of the molecule is CNC(=O)c1cn2c(-c3cc(Cl)c4ncn(C)c4c3)c(-c3ccc(F)cc3)nc(N)c2n1. The van der Waals surface area contributed by atoms with Crippen LogP contribution >= 0.6 is 11.6 Å². The Morgan fingerprint density at radius 3 is 2.62 bits per heavy atom. The second kappa shape index (κ2) is 7.31. The van der Waals surface area contributed by atoms with Gasteiger partial charge < -0.3 is 15.6 Å². The highest BCUT2D eigenvalue weighted by molar-refractivity contribution is 6.35. The van der Waals surface area contributed by atoms with Gasteiger partial charge in [0.15, 0.2) is 11.5 Å². The lowest BCUT2D eigenvalue weighted by atomic mass is 10.0. The van der Waals surface area contributed by atoms with E-state index in [9.17, 15) is 9.18 Å². The average molecular weight is 450 g/mol. The zero-order valence-electron chi connectivity index (χ0n) is 17.1. The van der Waals surface area contributed by atoms with Crippen LogP contribution in [0.25, 0.3) is 39.2 Å². The number of fused-ring (bicyclic) bond motifs is 2. The monoisotopic (exact) mass is 449 g/mol. The Labute approximate surface area is 186 Å². The van der Waals surface area contributed by atoms with Crippen LogP contribution in [-0.4, -0.2) is 36.9 Å². The number of nitrogens with two attached hydrogens (primary N) is 1. The third kappa shape index (κ3) is 3.05. The van der Waals surface area contributed by atoms with E-state index < -0.39 is 0 Å². The summed E-state index contributed by atoms with van der Waals surface area (Å²) in [6.07, 6.45) is 3.27. The predicted molar refractivity (Wildman–Crippen MR) is 121 cm³/mol. The highest BCUT2D eigenvalue weighted by Gasteiger charge is 2.21. The van der Waals surface area contributed by atoms with Gasteiger partial charge in [-0.2, -0.15) is 0 Å². The lowest BCUT2D eigenvalue weighted by Gasteiger charge is -2.14. The summed E-state index contributed by atoms with van der Waals surface area (Å²) in [6.45, 7) is 0. The average Bonchev–Trinajstić information content (AvgIpc) is 3.39. The highest BCUT2D eigenvalue weighted by atomic mass is 35.5. The number of hydrogen-bond acceptors (Lipinski definition) is 5. The van der Waals surface area contributed by atoms with E-state index in [-0.39, 0.29) is 23.2 Å². The number of nitrogen functional groups attached to an aromatic ring is 1. The lowest BCUT2D eigenvalue weighted by Crippen LogP contribution is -2.17. The Bertz CT molecular complexity index is 1520. The van der Waals surface area contributed by atoms with Crippen LogP contribution in [0.15, 0.2) is 48.9 Å². The largest absolute Gasteiger partial charge is 0.381 e. The minimum Gasteiger partial charge on any atom is -0.381 e. The Morgan fingerprint density at radius 1 is 1.16 bits per heavy atom. The standard InChI is InChI=1S/C22H17ClFN7O/c1-26-22(32)15-9-31-19(12-7-14(23)18-16(8-12)30(2)10-27-18)17(29-20(25)21(31)28-15)11-3-5-13(24)6-4-11/h3-10H,1-2H3,(H2,25,29)(H,26,32). The van der Waals surface area contributed by atoms with E-state index in [0.717, 1.165) is 5.52 Å². The van der Waals surface area contributed by atoms with Crippen molar-refractivity contribution < 1.29 is 9.18 Å². The van der Waals surface area contributed by atoms with Crippen molar-refractivity contribution in [2.45, 2.75) is 0 Å². The van der Waals surface area contributed by atoms with E-state index in [0.29, 0.717) is 38.7 Å². The van der Waals surface area contributed by atoms with Crippen LogP contribution in [0.5, 0.6) is 0 Å². The van der Waals surface area contributed by atoms with Crippen molar-refractivity contribution in [3.8, 4) is 22.5 Å². The molecule has 1 amide bonds. The van der Waals surface area contributed by atoms with E-state index in [1.807, 2.05) is 17.7 Å². The van der Waals surface area contributed by atoms with Gasteiger partial charge in [-0.3, -0.25) is 9.20 Å². The molecule has 0 saturated heterocycles. The number of hydrogen-bond donors (Lipinski definition) is 2. The molecule has 0 aliphatic carbocycles. The fourth-order valence-electron chi connectivity index (χ4n) is 3.72. The number of nitrogens with zero attached hydrogens (tertiary/aromatic N) is 5. The number of halogens is 2. The van der Waals surface area contributed by atoms with Crippen LogP contribution < -0.4 is 11.1 Å². The van der Waals surface area contributed by atoms with Crippen LogP contribution in [0.2, 0.25) is 5.02 Å². The maximum absolute atomic E-state index is 13.6. The van der Waals surface area contributed by atoms with E-state index in [1.54, 1.807) is 35.1 Å². The third-order valence-corrected chi connectivity index (χ3v) is 5.55. The van der Waals surface area contributed by atoms with Gasteiger partial charge >= 0.3 is 0 Å². The maximum atomic E-state index is 13.6. The Morgan fingerprint density at radius 2 is 1.91 bits per heavy atom. The van der Waals surface area contributed by atoms with Gasteiger partial charge in [-0.1, -0.05) is 11.6 Å². The van der Waals surface area contributed by atoms with Crippen LogP contribution in [-0.2, 0) is 7.05 Å². The molecule has 2 aromatic carbocycles. The van der Waals surface area contributed by atoms with Gasteiger partial charge in [0, 0.05) is 31.4 Å². The Kier molecular flexibility index (Phi) is 4.56. The fourth-order valence-corrected chi connectivity index (χ4v) is 3.98. The lowest BCUT2D eigenvalue weighted by molar-refractivity contribution is 0.0959. The van der Waals surface area contributed by atoms with Gasteiger partial charge in [0.2, 0.25) is 0 Å². The number of aryl methyl sites for hydroxylation is 1. The summed E-state index contributed by atoms with van der Waals surface area (Å²) in [5.74, 6) is -0.591. The summed E-state index contributed by atoms with van der Waals surface area (Å²) >= 11 is 6.55. The molecule has 8 nitrogen and oxygen atoms in total. The summed E-state index contributed by atoms with van der Waals surface area (Å²) in [5.41, 5.74) is 10.7. The molecule has 0 aliphatic heterocycles. The molecule has 0 saturated carbocycles. The van der Waals surface area contributed by atoms with Crippen LogP contribution in [0.1, 0.15) is 10.5 Å². The number of carbonyl (C=O) groups excluding carboxylic acids is 1. The summed E-state index contributed by atoms with van der Waals surface area (Å²) in [6, 6.07) is 9.63. The first-order chi connectivity index (χ1) is 15.4. The van der Waals surface area contributed by atoms with Crippen molar-refractivity contribution >= 4 is 40.0 Å². The molecule has 3 aromatic heterocycles. The van der Waals surface area contributed by atoms with Crippen molar-refractivity contribution in [3.63, 3.8) is 0 Å². The summed E-state index contributed by atoms with van der Waals surface area (Å²) < 4.78 is 17.2. The van der Waals surface area contributed by atoms with Gasteiger partial charge in [0.05, 0.1) is 28.3 Å². The molecule has 0 fully saturated rings. The van der Waals surface area contributed by atoms with Crippen LogP contribution in [0.3, 0.4) is 0 Å². The zero-order chi connectivity index (χ0) is 22.6. The second-order valence-electron chi connectivity index (χ2n) is 7.28. The van der Waals surface area contributed by atoms with Crippen molar-refractivity contribution in [1.82, 2.24) is 29.2 Å². The molecule has 160 valence electrons. The molecular weight excluding hydrogens is 433 g/mol. The van der Waals surface area contributed by atoms with E-state index >= 15 is 0 Å². The number of anilines is 1.